The zero-order valence-electron chi connectivity index (χ0n) is 16.1. The Balaban J connectivity index is 2.14. The van der Waals surface area contributed by atoms with Crippen LogP contribution < -0.4 is 4.90 Å². The van der Waals surface area contributed by atoms with Crippen LogP contribution in [0.3, 0.4) is 0 Å². The highest BCUT2D eigenvalue weighted by molar-refractivity contribution is 6.04. The molecule has 3 rings (SSSR count). The maximum atomic E-state index is 12.7. The van der Waals surface area contributed by atoms with E-state index < -0.39 is 17.7 Å². The van der Waals surface area contributed by atoms with Crippen LogP contribution in [0.4, 0.5) is 10.5 Å². The van der Waals surface area contributed by atoms with Gasteiger partial charge in [-0.25, -0.2) is 9.59 Å². The number of benzene rings is 1. The molecule has 1 aliphatic rings. The van der Waals surface area contributed by atoms with Crippen LogP contribution >= 0.6 is 0 Å². The van der Waals surface area contributed by atoms with Crippen LogP contribution in [-0.2, 0) is 14.2 Å². The normalized spacial score (nSPS) is 16.5. The standard InChI is InChI=1S/C19H24N2O6/c1-19(2,3)27-18(24)21-8-10(9-25-4)15-11-6-12(17(23)26-5)20-16(11)14(22)7-13(15)21/h6-7,10,20,22H,8-9H2,1-5H3. The van der Waals surface area contributed by atoms with Gasteiger partial charge in [-0.1, -0.05) is 0 Å². The Morgan fingerprint density at radius 1 is 1.30 bits per heavy atom. The minimum atomic E-state index is -0.644. The summed E-state index contributed by atoms with van der Waals surface area (Å²) >= 11 is 0. The molecule has 1 unspecified atom stereocenters. The van der Waals surface area contributed by atoms with Crippen molar-refractivity contribution in [3.63, 3.8) is 0 Å². The van der Waals surface area contributed by atoms with Crippen molar-refractivity contribution in [2.75, 3.05) is 32.3 Å². The number of hydrogen-bond donors (Lipinski definition) is 2. The van der Waals surface area contributed by atoms with E-state index in [1.165, 1.54) is 18.1 Å². The molecule has 27 heavy (non-hydrogen) atoms. The van der Waals surface area contributed by atoms with Gasteiger partial charge in [0.25, 0.3) is 0 Å². The van der Waals surface area contributed by atoms with Gasteiger partial charge < -0.3 is 24.3 Å². The minimum Gasteiger partial charge on any atom is -0.506 e. The molecule has 1 aromatic heterocycles. The van der Waals surface area contributed by atoms with Gasteiger partial charge in [-0.05, 0) is 32.4 Å². The lowest BCUT2D eigenvalue weighted by molar-refractivity contribution is 0.0575. The first-order chi connectivity index (χ1) is 12.7. The van der Waals surface area contributed by atoms with Gasteiger partial charge in [-0.2, -0.15) is 0 Å². The van der Waals surface area contributed by atoms with Crippen molar-refractivity contribution >= 4 is 28.7 Å². The van der Waals surface area contributed by atoms with Crippen LogP contribution in [0, 0.1) is 0 Å². The number of carbonyl (C=O) groups excluding carboxylic acids is 2. The predicted molar refractivity (Wildman–Crippen MR) is 99.5 cm³/mol. The lowest BCUT2D eigenvalue weighted by Crippen LogP contribution is -2.36. The van der Waals surface area contributed by atoms with Gasteiger partial charge in [0.2, 0.25) is 0 Å². The highest BCUT2D eigenvalue weighted by Crippen LogP contribution is 2.45. The van der Waals surface area contributed by atoms with Crippen molar-refractivity contribution in [1.82, 2.24) is 4.98 Å². The predicted octanol–water partition coefficient (Wildman–Crippen LogP) is 3.15. The lowest BCUT2D eigenvalue weighted by Gasteiger charge is -2.25. The molecular formula is C19H24N2O6. The summed E-state index contributed by atoms with van der Waals surface area (Å²) in [6.07, 6.45) is -0.496. The fourth-order valence-electron chi connectivity index (χ4n) is 3.40. The van der Waals surface area contributed by atoms with E-state index in [1.807, 2.05) is 0 Å². The molecule has 1 aliphatic heterocycles. The van der Waals surface area contributed by atoms with Crippen molar-refractivity contribution in [3.8, 4) is 5.75 Å². The van der Waals surface area contributed by atoms with Gasteiger partial charge in [0.1, 0.15) is 17.0 Å². The Hall–Kier alpha value is -2.74. The third-order valence-corrected chi connectivity index (χ3v) is 4.40. The zero-order valence-corrected chi connectivity index (χ0v) is 16.1. The fraction of sp³-hybridized carbons (Fsp3) is 0.474. The average Bonchev–Trinajstić information content (AvgIpc) is 3.15. The number of nitrogens with zero attached hydrogens (tertiary/aromatic N) is 1. The molecule has 0 radical (unpaired) electrons. The molecule has 0 bridgehead atoms. The van der Waals surface area contributed by atoms with Gasteiger partial charge in [-0.3, -0.25) is 4.90 Å². The number of H-pyrrole nitrogens is 1. The third-order valence-electron chi connectivity index (χ3n) is 4.40. The van der Waals surface area contributed by atoms with E-state index in [2.05, 4.69) is 4.98 Å². The third kappa shape index (κ3) is 3.44. The second-order valence-electron chi connectivity index (χ2n) is 7.53. The fourth-order valence-corrected chi connectivity index (χ4v) is 3.40. The van der Waals surface area contributed by atoms with E-state index in [1.54, 1.807) is 33.9 Å². The number of hydrogen-bond acceptors (Lipinski definition) is 6. The minimum absolute atomic E-state index is 0.0643. The Morgan fingerprint density at radius 2 is 2.00 bits per heavy atom. The van der Waals surface area contributed by atoms with E-state index >= 15 is 0 Å². The molecule has 0 saturated carbocycles. The van der Waals surface area contributed by atoms with Crippen LogP contribution in [0.1, 0.15) is 42.7 Å². The van der Waals surface area contributed by atoms with Gasteiger partial charge in [0.05, 0.1) is 24.9 Å². The highest BCUT2D eigenvalue weighted by Gasteiger charge is 2.37. The first-order valence-electron chi connectivity index (χ1n) is 8.62. The number of nitrogens with one attached hydrogen (secondary N) is 1. The Kier molecular flexibility index (Phi) is 4.77. The number of anilines is 1. The van der Waals surface area contributed by atoms with Crippen molar-refractivity contribution < 1.29 is 28.9 Å². The molecule has 1 aromatic carbocycles. The molecule has 146 valence electrons. The Labute approximate surface area is 157 Å². The molecule has 1 atom stereocenters. The second kappa shape index (κ2) is 6.77. The number of amides is 1. The second-order valence-corrected chi connectivity index (χ2v) is 7.53. The van der Waals surface area contributed by atoms with E-state index in [-0.39, 0.29) is 17.4 Å². The molecular weight excluding hydrogens is 352 g/mol. The Morgan fingerprint density at radius 3 is 2.59 bits per heavy atom. The summed E-state index contributed by atoms with van der Waals surface area (Å²) in [6.45, 7) is 6.12. The summed E-state index contributed by atoms with van der Waals surface area (Å²) in [5.74, 6) is -0.725. The molecule has 0 fully saturated rings. The Bertz CT molecular complexity index is 896. The van der Waals surface area contributed by atoms with Crippen molar-refractivity contribution in [2.24, 2.45) is 0 Å². The molecule has 8 heteroatoms. The number of phenolic OH excluding ortho intramolecular Hbond substituents is 1. The number of aromatic amines is 1. The SMILES string of the molecule is COCC1CN(C(=O)OC(C)(C)C)c2cc(O)c3[nH]c(C(=O)OC)cc3c21. The largest absolute Gasteiger partial charge is 0.506 e. The number of aromatic nitrogens is 1. The van der Waals surface area contributed by atoms with Gasteiger partial charge in [-0.15, -0.1) is 0 Å². The molecule has 1 amide bonds. The number of aromatic hydroxyl groups is 1. The number of carbonyl (C=O) groups is 2. The summed E-state index contributed by atoms with van der Waals surface area (Å²) in [5, 5.41) is 11.1. The topological polar surface area (TPSA) is 101 Å². The number of fused-ring (bicyclic) bond motifs is 3. The summed E-state index contributed by atoms with van der Waals surface area (Å²) in [6, 6.07) is 3.13. The highest BCUT2D eigenvalue weighted by atomic mass is 16.6. The maximum absolute atomic E-state index is 12.7. The lowest BCUT2D eigenvalue weighted by atomic mass is 9.98. The monoisotopic (exact) mass is 376 g/mol. The molecule has 2 N–H and O–H groups in total. The molecule has 0 spiro atoms. The molecule has 2 heterocycles. The zero-order chi connectivity index (χ0) is 19.9. The van der Waals surface area contributed by atoms with E-state index in [0.717, 1.165) is 5.56 Å². The molecule has 2 aromatic rings. The van der Waals surface area contributed by atoms with Crippen LogP contribution in [-0.4, -0.2) is 55.1 Å². The van der Waals surface area contributed by atoms with E-state index in [0.29, 0.717) is 29.7 Å². The summed E-state index contributed by atoms with van der Waals surface area (Å²) in [7, 11) is 2.88. The van der Waals surface area contributed by atoms with Gasteiger partial charge >= 0.3 is 12.1 Å². The van der Waals surface area contributed by atoms with Crippen LogP contribution in [0.15, 0.2) is 12.1 Å². The number of ether oxygens (including phenoxy) is 3. The van der Waals surface area contributed by atoms with Crippen molar-refractivity contribution in [2.45, 2.75) is 32.3 Å². The average molecular weight is 376 g/mol. The van der Waals surface area contributed by atoms with Gasteiger partial charge in [0, 0.05) is 31.0 Å². The number of esters is 1. The van der Waals surface area contributed by atoms with Crippen LogP contribution in [0.25, 0.3) is 10.9 Å². The van der Waals surface area contributed by atoms with Crippen molar-refractivity contribution in [3.05, 3.63) is 23.4 Å². The quantitative estimate of drug-likeness (QED) is 0.798. The first kappa shape index (κ1) is 19.0. The number of methoxy groups -OCH3 is 2. The molecule has 0 saturated heterocycles. The van der Waals surface area contributed by atoms with Crippen LogP contribution in [0.2, 0.25) is 0 Å². The number of rotatable bonds is 3. The van der Waals surface area contributed by atoms with Crippen LogP contribution in [0.5, 0.6) is 5.75 Å². The first-order valence-corrected chi connectivity index (χ1v) is 8.62. The summed E-state index contributed by atoms with van der Waals surface area (Å²) in [5.41, 5.74) is 1.37. The smallest absolute Gasteiger partial charge is 0.414 e. The van der Waals surface area contributed by atoms with E-state index in [4.69, 9.17) is 14.2 Å². The molecule has 8 nitrogen and oxygen atoms in total. The van der Waals surface area contributed by atoms with E-state index in [9.17, 15) is 14.7 Å². The molecule has 0 aliphatic carbocycles. The van der Waals surface area contributed by atoms with Gasteiger partial charge in [0.15, 0.2) is 0 Å². The number of phenols is 1. The summed E-state index contributed by atoms with van der Waals surface area (Å²) in [4.78, 5) is 29.0. The summed E-state index contributed by atoms with van der Waals surface area (Å²) < 4.78 is 15.6. The maximum Gasteiger partial charge on any atom is 0.414 e. The van der Waals surface area contributed by atoms with Crippen molar-refractivity contribution in [1.29, 1.82) is 0 Å².